The number of nitrogens with one attached hydrogen (secondary N) is 1. The van der Waals surface area contributed by atoms with E-state index in [1.807, 2.05) is 18.2 Å². The summed E-state index contributed by atoms with van der Waals surface area (Å²) in [5, 5.41) is 0.0330. The van der Waals surface area contributed by atoms with Crippen LogP contribution < -0.4 is 16.0 Å². The molecule has 6 heteroatoms. The normalized spacial score (nSPS) is 12.2. The van der Waals surface area contributed by atoms with E-state index < -0.39 is 11.9 Å². The van der Waals surface area contributed by atoms with Crippen molar-refractivity contribution in [3.8, 4) is 5.75 Å². The molecular weight excluding hydrogens is 347 g/mol. The lowest BCUT2D eigenvalue weighted by Crippen LogP contribution is -2.29. The zero-order valence-electron chi connectivity index (χ0n) is 10.7. The molecule has 106 valence electrons. The predicted molar refractivity (Wildman–Crippen MR) is 81.3 cm³/mol. The number of halogens is 3. The maximum atomic E-state index is 14.3. The smallest absolute Gasteiger partial charge is 0.148 e. The molecule has 0 aromatic heterocycles. The van der Waals surface area contributed by atoms with Crippen LogP contribution in [-0.4, -0.2) is 7.11 Å². The van der Waals surface area contributed by atoms with E-state index in [0.717, 1.165) is 5.56 Å². The van der Waals surface area contributed by atoms with Gasteiger partial charge in [-0.3, -0.25) is 5.84 Å². The molecule has 0 aliphatic rings. The van der Waals surface area contributed by atoms with Crippen LogP contribution in [0, 0.1) is 5.82 Å². The molecule has 0 aliphatic carbocycles. The van der Waals surface area contributed by atoms with E-state index in [-0.39, 0.29) is 5.02 Å². The van der Waals surface area contributed by atoms with E-state index in [1.165, 1.54) is 0 Å². The molecule has 0 heterocycles. The number of ether oxygens (including phenoxy) is 1. The molecule has 0 fully saturated rings. The van der Waals surface area contributed by atoms with E-state index in [0.29, 0.717) is 15.8 Å². The first kappa shape index (κ1) is 15.3. The second kappa shape index (κ2) is 6.54. The summed E-state index contributed by atoms with van der Waals surface area (Å²) in [7, 11) is 1.57. The summed E-state index contributed by atoms with van der Waals surface area (Å²) in [5.41, 5.74) is 3.75. The molecular formula is C14H13BrClFN2O. The van der Waals surface area contributed by atoms with Crippen LogP contribution in [0.4, 0.5) is 4.39 Å². The van der Waals surface area contributed by atoms with Gasteiger partial charge in [-0.05, 0) is 39.7 Å². The van der Waals surface area contributed by atoms with Crippen LogP contribution in [0.25, 0.3) is 0 Å². The summed E-state index contributed by atoms with van der Waals surface area (Å²) in [6.45, 7) is 0. The Morgan fingerprint density at radius 2 is 2.10 bits per heavy atom. The van der Waals surface area contributed by atoms with Gasteiger partial charge in [0.25, 0.3) is 0 Å². The van der Waals surface area contributed by atoms with E-state index in [4.69, 9.17) is 22.2 Å². The largest absolute Gasteiger partial charge is 0.497 e. The van der Waals surface area contributed by atoms with Gasteiger partial charge in [0.15, 0.2) is 0 Å². The quantitative estimate of drug-likeness (QED) is 0.496. The zero-order chi connectivity index (χ0) is 14.7. The maximum Gasteiger partial charge on any atom is 0.148 e. The van der Waals surface area contributed by atoms with E-state index in [2.05, 4.69) is 21.4 Å². The second-order valence-corrected chi connectivity index (χ2v) is 5.37. The Kier molecular flexibility index (Phi) is 4.99. The van der Waals surface area contributed by atoms with Crippen molar-refractivity contribution in [1.82, 2.24) is 5.43 Å². The maximum absolute atomic E-state index is 14.3. The summed E-state index contributed by atoms with van der Waals surface area (Å²) in [4.78, 5) is 0. The van der Waals surface area contributed by atoms with Gasteiger partial charge in [-0.1, -0.05) is 29.8 Å². The Labute approximate surface area is 130 Å². The molecule has 3 nitrogen and oxygen atoms in total. The van der Waals surface area contributed by atoms with Crippen molar-refractivity contribution in [3.63, 3.8) is 0 Å². The van der Waals surface area contributed by atoms with Gasteiger partial charge >= 0.3 is 0 Å². The van der Waals surface area contributed by atoms with E-state index >= 15 is 0 Å². The van der Waals surface area contributed by atoms with Crippen LogP contribution in [0.15, 0.2) is 40.9 Å². The zero-order valence-corrected chi connectivity index (χ0v) is 13.0. The average molecular weight is 360 g/mol. The average Bonchev–Trinajstić information content (AvgIpc) is 2.48. The van der Waals surface area contributed by atoms with E-state index in [9.17, 15) is 4.39 Å². The molecule has 0 saturated heterocycles. The van der Waals surface area contributed by atoms with Gasteiger partial charge in [0.1, 0.15) is 11.6 Å². The molecule has 20 heavy (non-hydrogen) atoms. The fraction of sp³-hybridized carbons (Fsp3) is 0.143. The van der Waals surface area contributed by atoms with Crippen LogP contribution in [0.3, 0.4) is 0 Å². The summed E-state index contributed by atoms with van der Waals surface area (Å²) < 4.78 is 19.9. The highest BCUT2D eigenvalue weighted by Gasteiger charge is 2.20. The van der Waals surface area contributed by atoms with Crippen molar-refractivity contribution in [2.75, 3.05) is 7.11 Å². The summed E-state index contributed by atoms with van der Waals surface area (Å²) in [5.74, 6) is 5.74. The first-order valence-corrected chi connectivity index (χ1v) is 6.99. The van der Waals surface area contributed by atoms with Gasteiger partial charge in [-0.15, -0.1) is 0 Å². The van der Waals surface area contributed by atoms with Gasteiger partial charge in [-0.2, -0.15) is 0 Å². The Morgan fingerprint density at radius 1 is 1.35 bits per heavy atom. The lowest BCUT2D eigenvalue weighted by Gasteiger charge is -2.19. The second-order valence-electron chi connectivity index (χ2n) is 4.14. The minimum absolute atomic E-state index is 0.0330. The third-order valence-corrected chi connectivity index (χ3v) is 4.23. The molecule has 0 spiro atoms. The summed E-state index contributed by atoms with van der Waals surface area (Å²) in [6.07, 6.45) is 0. The highest BCUT2D eigenvalue weighted by molar-refractivity contribution is 9.10. The highest BCUT2D eigenvalue weighted by atomic mass is 79.9. The number of nitrogens with two attached hydrogens (primary N) is 1. The summed E-state index contributed by atoms with van der Waals surface area (Å²) >= 11 is 9.10. The third-order valence-electron chi connectivity index (χ3n) is 2.97. The summed E-state index contributed by atoms with van der Waals surface area (Å²) in [6, 6.07) is 10.1. The molecule has 2 aromatic carbocycles. The number of rotatable bonds is 4. The molecule has 0 aliphatic heterocycles. The van der Waals surface area contributed by atoms with Crippen LogP contribution >= 0.6 is 27.5 Å². The Morgan fingerprint density at radius 3 is 2.75 bits per heavy atom. The Hall–Kier alpha value is -1.14. The molecule has 1 unspecified atom stereocenters. The van der Waals surface area contributed by atoms with Crippen molar-refractivity contribution in [2.24, 2.45) is 5.84 Å². The molecule has 0 amide bonds. The lowest BCUT2D eigenvalue weighted by atomic mass is 9.98. The van der Waals surface area contributed by atoms with Gasteiger partial charge < -0.3 is 4.74 Å². The topological polar surface area (TPSA) is 47.3 Å². The molecule has 0 bridgehead atoms. The minimum Gasteiger partial charge on any atom is -0.497 e. The fourth-order valence-electron chi connectivity index (χ4n) is 1.95. The van der Waals surface area contributed by atoms with Crippen LogP contribution in [0.1, 0.15) is 17.2 Å². The van der Waals surface area contributed by atoms with Crippen molar-refractivity contribution < 1.29 is 9.13 Å². The molecule has 2 rings (SSSR count). The number of hydrogen-bond acceptors (Lipinski definition) is 3. The number of benzene rings is 2. The Bertz CT molecular complexity index is 624. The van der Waals surface area contributed by atoms with Crippen molar-refractivity contribution in [3.05, 3.63) is 62.8 Å². The number of hydrazine groups is 1. The van der Waals surface area contributed by atoms with Crippen molar-refractivity contribution >= 4 is 27.5 Å². The lowest BCUT2D eigenvalue weighted by molar-refractivity contribution is 0.413. The number of hydrogen-bond donors (Lipinski definition) is 2. The number of methoxy groups -OCH3 is 1. The third kappa shape index (κ3) is 2.96. The van der Waals surface area contributed by atoms with Crippen molar-refractivity contribution in [2.45, 2.75) is 6.04 Å². The molecule has 0 radical (unpaired) electrons. The first-order valence-electron chi connectivity index (χ1n) is 5.82. The van der Waals surface area contributed by atoms with Gasteiger partial charge in [0, 0.05) is 10.0 Å². The van der Waals surface area contributed by atoms with Gasteiger partial charge in [-0.25, -0.2) is 9.82 Å². The molecule has 1 atom stereocenters. The van der Waals surface area contributed by atoms with Crippen LogP contribution in [0.2, 0.25) is 5.02 Å². The standard InChI is InChI=1S/C14H13BrClFN2O/c1-20-9-4-2-3-8(7-9)14(19-18)10-5-6-11(15)12(16)13(10)17/h2-7,14,19H,18H2,1H3. The van der Waals surface area contributed by atoms with Crippen LogP contribution in [0.5, 0.6) is 5.75 Å². The van der Waals surface area contributed by atoms with E-state index in [1.54, 1.807) is 25.3 Å². The fourth-order valence-corrected chi connectivity index (χ4v) is 2.43. The molecule has 2 aromatic rings. The van der Waals surface area contributed by atoms with Crippen LogP contribution in [-0.2, 0) is 0 Å². The van der Waals surface area contributed by atoms with Crippen molar-refractivity contribution in [1.29, 1.82) is 0 Å². The Balaban J connectivity index is 2.49. The van der Waals surface area contributed by atoms with Gasteiger partial charge in [0.2, 0.25) is 0 Å². The first-order chi connectivity index (χ1) is 9.58. The molecule has 3 N–H and O–H groups in total. The highest BCUT2D eigenvalue weighted by Crippen LogP contribution is 2.33. The van der Waals surface area contributed by atoms with Gasteiger partial charge in [0.05, 0.1) is 18.2 Å². The molecule has 0 saturated carbocycles. The minimum atomic E-state index is -0.518. The monoisotopic (exact) mass is 358 g/mol. The SMILES string of the molecule is COc1cccc(C(NN)c2ccc(Br)c(Cl)c2F)c1. The predicted octanol–water partition coefficient (Wildman–Crippen LogP) is 3.80.